The molecule has 6 nitrogen and oxygen atoms in total. The number of nitrogens with one attached hydrogen (secondary N) is 1. The first-order valence-corrected chi connectivity index (χ1v) is 10.5. The van der Waals surface area contributed by atoms with Gasteiger partial charge >= 0.3 is 0 Å². The van der Waals surface area contributed by atoms with Gasteiger partial charge in [0.25, 0.3) is 5.69 Å². The Morgan fingerprint density at radius 3 is 2.45 bits per heavy atom. The van der Waals surface area contributed by atoms with Gasteiger partial charge in [-0.05, 0) is 35.9 Å². The van der Waals surface area contributed by atoms with Crippen molar-refractivity contribution in [3.63, 3.8) is 0 Å². The molecule has 0 spiro atoms. The fourth-order valence-corrected chi connectivity index (χ4v) is 4.14. The summed E-state index contributed by atoms with van der Waals surface area (Å²) >= 11 is 1.42. The Morgan fingerprint density at radius 2 is 1.74 bits per heavy atom. The van der Waals surface area contributed by atoms with E-state index in [9.17, 15) is 19.3 Å². The molecule has 1 amide bonds. The number of fused-ring (bicyclic) bond motifs is 1. The van der Waals surface area contributed by atoms with Crippen LogP contribution in [0.2, 0.25) is 0 Å². The third-order valence-electron chi connectivity index (χ3n) is 4.74. The number of nitro benzene ring substituents is 1. The lowest BCUT2D eigenvalue weighted by Crippen LogP contribution is -2.13. The van der Waals surface area contributed by atoms with E-state index >= 15 is 0 Å². The van der Waals surface area contributed by atoms with Crippen LogP contribution in [0.15, 0.2) is 83.9 Å². The van der Waals surface area contributed by atoms with Gasteiger partial charge in [-0.15, -0.1) is 11.8 Å². The molecule has 0 aliphatic heterocycles. The van der Waals surface area contributed by atoms with E-state index in [-0.39, 0.29) is 23.2 Å². The lowest BCUT2D eigenvalue weighted by atomic mass is 10.2. The lowest BCUT2D eigenvalue weighted by molar-refractivity contribution is -0.384. The number of carbonyl (C=O) groups is 1. The summed E-state index contributed by atoms with van der Waals surface area (Å²) in [6, 6.07) is 20.1. The van der Waals surface area contributed by atoms with Crippen molar-refractivity contribution in [2.45, 2.75) is 11.4 Å². The Balaban J connectivity index is 1.46. The number of thioether (sulfide) groups is 1. The van der Waals surface area contributed by atoms with Gasteiger partial charge in [0.15, 0.2) is 0 Å². The van der Waals surface area contributed by atoms with Gasteiger partial charge in [0, 0.05) is 46.4 Å². The van der Waals surface area contributed by atoms with E-state index in [1.807, 2.05) is 30.5 Å². The molecule has 0 saturated carbocycles. The number of hydrogen-bond acceptors (Lipinski definition) is 4. The summed E-state index contributed by atoms with van der Waals surface area (Å²) in [7, 11) is 0. The van der Waals surface area contributed by atoms with Crippen LogP contribution in [-0.4, -0.2) is 21.2 Å². The number of hydrogen-bond donors (Lipinski definition) is 1. The number of carbonyl (C=O) groups excluding carboxylic acids is 1. The minimum atomic E-state index is -0.483. The lowest BCUT2D eigenvalue weighted by Gasteiger charge is -2.05. The molecule has 4 rings (SSSR count). The van der Waals surface area contributed by atoms with Crippen LogP contribution >= 0.6 is 11.8 Å². The minimum absolute atomic E-state index is 0.0265. The molecule has 0 fully saturated rings. The van der Waals surface area contributed by atoms with Crippen LogP contribution in [0.4, 0.5) is 15.8 Å². The van der Waals surface area contributed by atoms with Crippen LogP contribution in [-0.2, 0) is 11.3 Å². The van der Waals surface area contributed by atoms with Gasteiger partial charge in [0.2, 0.25) is 5.91 Å². The molecule has 0 saturated heterocycles. The SMILES string of the molecule is O=C(CSc1cn(Cc2ccc(F)cc2)c2ccccc12)Nc1ccc([N+](=O)[O-])cc1. The monoisotopic (exact) mass is 435 g/mol. The van der Waals surface area contributed by atoms with Crippen molar-refractivity contribution in [1.29, 1.82) is 0 Å². The van der Waals surface area contributed by atoms with Crippen molar-refractivity contribution < 1.29 is 14.1 Å². The van der Waals surface area contributed by atoms with Gasteiger partial charge in [-0.2, -0.15) is 0 Å². The van der Waals surface area contributed by atoms with Crippen molar-refractivity contribution >= 4 is 39.9 Å². The third kappa shape index (κ3) is 4.92. The molecule has 156 valence electrons. The van der Waals surface area contributed by atoms with E-state index in [4.69, 9.17) is 0 Å². The van der Waals surface area contributed by atoms with Gasteiger partial charge in [-0.1, -0.05) is 30.3 Å². The largest absolute Gasteiger partial charge is 0.342 e. The Bertz CT molecular complexity index is 1240. The Kier molecular flexibility index (Phi) is 5.99. The van der Waals surface area contributed by atoms with Gasteiger partial charge in [-0.3, -0.25) is 14.9 Å². The third-order valence-corrected chi connectivity index (χ3v) is 5.78. The number of non-ortho nitro benzene ring substituents is 1. The van der Waals surface area contributed by atoms with E-state index in [0.29, 0.717) is 12.2 Å². The quantitative estimate of drug-likeness (QED) is 0.237. The first kappa shape index (κ1) is 20.6. The predicted octanol–water partition coefficient (Wildman–Crippen LogP) is 5.47. The summed E-state index contributed by atoms with van der Waals surface area (Å²) in [5.41, 5.74) is 2.50. The summed E-state index contributed by atoms with van der Waals surface area (Å²) in [5, 5.41) is 14.5. The summed E-state index contributed by atoms with van der Waals surface area (Å²) < 4.78 is 15.3. The van der Waals surface area contributed by atoms with Gasteiger partial charge in [0.05, 0.1) is 10.7 Å². The molecule has 0 aliphatic carbocycles. The number of rotatable bonds is 7. The zero-order valence-corrected chi connectivity index (χ0v) is 17.1. The molecule has 0 atom stereocenters. The topological polar surface area (TPSA) is 77.2 Å². The number of benzene rings is 3. The zero-order chi connectivity index (χ0) is 21.8. The molecule has 1 N–H and O–H groups in total. The second kappa shape index (κ2) is 9.01. The molecule has 31 heavy (non-hydrogen) atoms. The maximum absolute atomic E-state index is 13.2. The highest BCUT2D eigenvalue weighted by Gasteiger charge is 2.12. The van der Waals surface area contributed by atoms with Crippen molar-refractivity contribution in [2.24, 2.45) is 0 Å². The summed E-state index contributed by atoms with van der Waals surface area (Å²) in [4.78, 5) is 23.6. The molecular weight excluding hydrogens is 417 g/mol. The average Bonchev–Trinajstić information content (AvgIpc) is 3.12. The molecule has 1 heterocycles. The van der Waals surface area contributed by atoms with E-state index in [0.717, 1.165) is 21.4 Å². The van der Waals surface area contributed by atoms with E-state index in [1.54, 1.807) is 12.1 Å². The predicted molar refractivity (Wildman–Crippen MR) is 120 cm³/mol. The summed E-state index contributed by atoms with van der Waals surface area (Å²) in [5.74, 6) is -0.271. The highest BCUT2D eigenvalue weighted by molar-refractivity contribution is 8.00. The normalized spacial score (nSPS) is 10.9. The fraction of sp³-hybridized carbons (Fsp3) is 0.0870. The number of nitrogens with zero attached hydrogens (tertiary/aromatic N) is 2. The number of nitro groups is 1. The molecule has 0 bridgehead atoms. The first-order chi connectivity index (χ1) is 15.0. The molecule has 4 aromatic rings. The van der Waals surface area contributed by atoms with Crippen molar-refractivity contribution in [2.75, 3.05) is 11.1 Å². The molecule has 0 aliphatic rings. The number of amides is 1. The van der Waals surface area contributed by atoms with Crippen molar-refractivity contribution in [3.8, 4) is 0 Å². The van der Waals surface area contributed by atoms with Crippen LogP contribution in [0.1, 0.15) is 5.56 Å². The first-order valence-electron chi connectivity index (χ1n) is 9.49. The second-order valence-corrected chi connectivity index (χ2v) is 7.92. The van der Waals surface area contributed by atoms with Crippen molar-refractivity contribution in [3.05, 3.63) is 100 Å². The molecule has 1 aromatic heterocycles. The van der Waals surface area contributed by atoms with E-state index in [2.05, 4.69) is 9.88 Å². The van der Waals surface area contributed by atoms with Crippen LogP contribution in [0.5, 0.6) is 0 Å². The minimum Gasteiger partial charge on any atom is -0.342 e. The van der Waals surface area contributed by atoms with E-state index < -0.39 is 4.92 Å². The Morgan fingerprint density at radius 1 is 1.03 bits per heavy atom. The average molecular weight is 435 g/mol. The summed E-state index contributed by atoms with van der Waals surface area (Å²) in [6.07, 6.45) is 2.00. The van der Waals surface area contributed by atoms with Gasteiger partial charge in [0.1, 0.15) is 5.82 Å². The van der Waals surface area contributed by atoms with Crippen LogP contribution in [0.25, 0.3) is 10.9 Å². The Hall–Kier alpha value is -3.65. The van der Waals surface area contributed by atoms with Gasteiger partial charge in [-0.25, -0.2) is 4.39 Å². The van der Waals surface area contributed by atoms with Crippen LogP contribution < -0.4 is 5.32 Å². The molecule has 0 radical (unpaired) electrons. The maximum Gasteiger partial charge on any atom is 0.269 e. The standard InChI is InChI=1S/C23H18FN3O3S/c24-17-7-5-16(6-8-17)13-26-14-22(20-3-1-2-4-21(20)26)31-15-23(28)25-18-9-11-19(12-10-18)27(29)30/h1-12,14H,13,15H2,(H,25,28). The summed E-state index contributed by atoms with van der Waals surface area (Å²) in [6.45, 7) is 0.594. The van der Waals surface area contributed by atoms with Crippen LogP contribution in [0.3, 0.4) is 0 Å². The van der Waals surface area contributed by atoms with Gasteiger partial charge < -0.3 is 9.88 Å². The molecule has 0 unspecified atom stereocenters. The molecule has 3 aromatic carbocycles. The van der Waals surface area contributed by atoms with Crippen LogP contribution in [0, 0.1) is 15.9 Å². The highest BCUT2D eigenvalue weighted by Crippen LogP contribution is 2.30. The molecular formula is C23H18FN3O3S. The second-order valence-electron chi connectivity index (χ2n) is 6.91. The van der Waals surface area contributed by atoms with E-state index in [1.165, 1.54) is 48.2 Å². The fourth-order valence-electron chi connectivity index (χ4n) is 3.25. The zero-order valence-electron chi connectivity index (χ0n) is 16.3. The molecule has 8 heteroatoms. The smallest absolute Gasteiger partial charge is 0.269 e. The number of halogens is 1. The highest BCUT2D eigenvalue weighted by atomic mass is 32.2. The maximum atomic E-state index is 13.2. The van der Waals surface area contributed by atoms with Crippen molar-refractivity contribution in [1.82, 2.24) is 4.57 Å². The Labute approximate surface area is 181 Å². The number of para-hydroxylation sites is 1. The number of aromatic nitrogens is 1. The number of anilines is 1.